The highest BCUT2D eigenvalue weighted by atomic mass is 16.6. The maximum absolute atomic E-state index is 12.8. The molecule has 0 aliphatic carbocycles. The predicted molar refractivity (Wildman–Crippen MR) is 107 cm³/mol. The molecule has 0 spiro atoms. The molecule has 0 radical (unpaired) electrons. The molecule has 0 N–H and O–H groups in total. The Hall–Kier alpha value is -3.02. The maximum Gasteiger partial charge on any atom is 0.269 e. The van der Waals surface area contributed by atoms with Crippen LogP contribution in [0.5, 0.6) is 0 Å². The van der Waals surface area contributed by atoms with Crippen LogP contribution in [0.4, 0.5) is 11.4 Å². The summed E-state index contributed by atoms with van der Waals surface area (Å²) in [6.45, 7) is 3.16. The first-order chi connectivity index (χ1) is 13.0. The number of carbonyl (C=O) groups excluding carboxylic acids is 1. The minimum absolute atomic E-state index is 0.0198. The number of Topliss-reactive ketones (excluding diaryl/α,β-unsaturated/α-hetero) is 1. The second-order valence-corrected chi connectivity index (χ2v) is 6.88. The van der Waals surface area contributed by atoms with E-state index in [0.717, 1.165) is 37.3 Å². The summed E-state index contributed by atoms with van der Waals surface area (Å²) < 4.78 is 0. The largest absolute Gasteiger partial charge is 0.322 e. The van der Waals surface area contributed by atoms with Gasteiger partial charge in [0.25, 0.3) is 5.69 Å². The lowest BCUT2D eigenvalue weighted by atomic mass is 10.0. The van der Waals surface area contributed by atoms with Gasteiger partial charge in [-0.2, -0.15) is 0 Å². The van der Waals surface area contributed by atoms with Gasteiger partial charge in [-0.15, -0.1) is 0 Å². The fourth-order valence-electron chi connectivity index (χ4n) is 3.18. The summed E-state index contributed by atoms with van der Waals surface area (Å²) in [5.41, 5.74) is 1.37. The van der Waals surface area contributed by atoms with E-state index in [0.29, 0.717) is 11.5 Å². The molecule has 0 saturated carbocycles. The van der Waals surface area contributed by atoms with E-state index in [1.54, 1.807) is 0 Å². The number of ketones is 1. The van der Waals surface area contributed by atoms with Crippen molar-refractivity contribution in [3.05, 3.63) is 70.3 Å². The van der Waals surface area contributed by atoms with Crippen LogP contribution >= 0.6 is 0 Å². The molecular weight excluding hydrogens is 342 g/mol. The topological polar surface area (TPSA) is 75.8 Å². The van der Waals surface area contributed by atoms with Crippen molar-refractivity contribution in [3.63, 3.8) is 0 Å². The lowest BCUT2D eigenvalue weighted by Crippen LogP contribution is -2.36. The van der Waals surface area contributed by atoms with Crippen LogP contribution in [0.3, 0.4) is 0 Å². The molecule has 6 heteroatoms. The second kappa shape index (κ2) is 8.58. The Morgan fingerprint density at radius 1 is 1.15 bits per heavy atom. The lowest BCUT2D eigenvalue weighted by molar-refractivity contribution is -0.384. The normalized spacial score (nSPS) is 16.9. The number of benzene rings is 2. The van der Waals surface area contributed by atoms with E-state index >= 15 is 0 Å². The number of para-hydroxylation sites is 1. The van der Waals surface area contributed by atoms with Gasteiger partial charge in [-0.05, 0) is 43.0 Å². The minimum atomic E-state index is -0.466. The van der Waals surface area contributed by atoms with E-state index in [1.807, 2.05) is 35.2 Å². The molecule has 0 amide bonds. The third-order valence-corrected chi connectivity index (χ3v) is 4.86. The molecule has 140 valence electrons. The Morgan fingerprint density at radius 3 is 2.52 bits per heavy atom. The summed E-state index contributed by atoms with van der Waals surface area (Å²) in [5.74, 6) is 1.46. The first kappa shape index (κ1) is 18.8. The van der Waals surface area contributed by atoms with Crippen LogP contribution in [0.2, 0.25) is 0 Å². The Labute approximate surface area is 158 Å². The van der Waals surface area contributed by atoms with Gasteiger partial charge in [-0.1, -0.05) is 25.1 Å². The number of anilines is 1. The zero-order chi connectivity index (χ0) is 19.2. The number of rotatable bonds is 5. The van der Waals surface area contributed by atoms with Crippen molar-refractivity contribution in [2.75, 3.05) is 18.0 Å². The Balaban J connectivity index is 1.84. The fraction of sp³-hybridized carbons (Fsp3) is 0.333. The van der Waals surface area contributed by atoms with Crippen LogP contribution in [-0.2, 0) is 0 Å². The van der Waals surface area contributed by atoms with E-state index in [-0.39, 0.29) is 18.0 Å². The van der Waals surface area contributed by atoms with Crippen molar-refractivity contribution in [1.29, 1.82) is 0 Å². The number of hydrogen-bond acceptors (Lipinski definition) is 5. The summed E-state index contributed by atoms with van der Waals surface area (Å²) >= 11 is 0. The van der Waals surface area contributed by atoms with E-state index in [4.69, 9.17) is 4.99 Å². The monoisotopic (exact) mass is 365 g/mol. The number of amidine groups is 1. The van der Waals surface area contributed by atoms with Gasteiger partial charge in [-0.3, -0.25) is 19.9 Å². The van der Waals surface area contributed by atoms with Crippen molar-refractivity contribution in [2.45, 2.75) is 26.2 Å². The molecule has 6 nitrogen and oxygen atoms in total. The Morgan fingerprint density at radius 2 is 1.85 bits per heavy atom. The number of carbonyl (C=O) groups is 1. The third-order valence-electron chi connectivity index (χ3n) is 4.86. The van der Waals surface area contributed by atoms with Crippen LogP contribution in [0.15, 0.2) is 59.6 Å². The second-order valence-electron chi connectivity index (χ2n) is 6.88. The summed E-state index contributed by atoms with van der Waals surface area (Å²) in [7, 11) is 0. The number of nitro groups is 1. The van der Waals surface area contributed by atoms with Crippen LogP contribution in [0.1, 0.15) is 36.5 Å². The number of nitro benzene ring substituents is 1. The molecule has 3 rings (SSSR count). The Kier molecular flexibility index (Phi) is 5.96. The average Bonchev–Trinajstić information content (AvgIpc) is 2.91. The van der Waals surface area contributed by atoms with Gasteiger partial charge in [0.2, 0.25) is 0 Å². The van der Waals surface area contributed by atoms with E-state index in [1.165, 1.54) is 24.3 Å². The molecule has 0 bridgehead atoms. The van der Waals surface area contributed by atoms with E-state index < -0.39 is 4.92 Å². The molecule has 1 aliphatic heterocycles. The van der Waals surface area contributed by atoms with Crippen LogP contribution < -0.4 is 4.90 Å². The SMILES string of the molecule is CC1CCN=C(N(CC(=O)c2ccc([N+](=O)[O-])cc2)c2ccccc2)CC1. The maximum atomic E-state index is 12.8. The molecule has 1 aliphatic rings. The van der Waals surface area contributed by atoms with Gasteiger partial charge in [0.15, 0.2) is 5.78 Å². The van der Waals surface area contributed by atoms with Gasteiger partial charge in [-0.25, -0.2) is 0 Å². The smallest absolute Gasteiger partial charge is 0.269 e. The zero-order valence-corrected chi connectivity index (χ0v) is 15.4. The first-order valence-corrected chi connectivity index (χ1v) is 9.18. The summed E-state index contributed by atoms with van der Waals surface area (Å²) in [5, 5.41) is 10.8. The molecule has 2 aromatic carbocycles. The van der Waals surface area contributed by atoms with Gasteiger partial charge in [0, 0.05) is 36.3 Å². The number of hydrogen-bond donors (Lipinski definition) is 0. The van der Waals surface area contributed by atoms with Gasteiger partial charge in [0.1, 0.15) is 5.84 Å². The minimum Gasteiger partial charge on any atom is -0.322 e. The first-order valence-electron chi connectivity index (χ1n) is 9.18. The van der Waals surface area contributed by atoms with E-state index in [9.17, 15) is 14.9 Å². The predicted octanol–water partition coefficient (Wildman–Crippen LogP) is 4.50. The van der Waals surface area contributed by atoms with Crippen molar-refractivity contribution in [2.24, 2.45) is 10.9 Å². The summed E-state index contributed by atoms with van der Waals surface area (Å²) in [6.07, 6.45) is 2.94. The van der Waals surface area contributed by atoms with Crippen LogP contribution in [0, 0.1) is 16.0 Å². The van der Waals surface area contributed by atoms with Crippen LogP contribution in [-0.4, -0.2) is 29.6 Å². The quantitative estimate of drug-likeness (QED) is 0.444. The summed E-state index contributed by atoms with van der Waals surface area (Å²) in [6, 6.07) is 15.5. The van der Waals surface area contributed by atoms with Crippen molar-refractivity contribution >= 4 is 23.0 Å². The van der Waals surface area contributed by atoms with Crippen molar-refractivity contribution in [1.82, 2.24) is 0 Å². The van der Waals surface area contributed by atoms with Gasteiger partial charge < -0.3 is 4.90 Å². The molecule has 2 aromatic rings. The number of non-ortho nitro benzene ring substituents is 1. The highest BCUT2D eigenvalue weighted by molar-refractivity contribution is 6.07. The molecule has 0 aromatic heterocycles. The summed E-state index contributed by atoms with van der Waals surface area (Å²) in [4.78, 5) is 29.9. The highest BCUT2D eigenvalue weighted by Gasteiger charge is 2.21. The number of aliphatic imine (C=N–C) groups is 1. The van der Waals surface area contributed by atoms with Crippen molar-refractivity contribution in [3.8, 4) is 0 Å². The van der Waals surface area contributed by atoms with Crippen molar-refractivity contribution < 1.29 is 9.72 Å². The van der Waals surface area contributed by atoms with Gasteiger partial charge >= 0.3 is 0 Å². The fourth-order valence-corrected chi connectivity index (χ4v) is 3.18. The molecule has 0 saturated heterocycles. The molecule has 0 fully saturated rings. The standard InChI is InChI=1S/C21H23N3O3/c1-16-7-12-21(22-14-13-16)23(18-5-3-2-4-6-18)15-20(25)17-8-10-19(11-9-17)24(26)27/h2-6,8-11,16H,7,12-15H2,1H3. The lowest BCUT2D eigenvalue weighted by Gasteiger charge is -2.25. The molecule has 27 heavy (non-hydrogen) atoms. The van der Waals surface area contributed by atoms with Gasteiger partial charge in [0.05, 0.1) is 11.5 Å². The van der Waals surface area contributed by atoms with Crippen LogP contribution in [0.25, 0.3) is 0 Å². The highest BCUT2D eigenvalue weighted by Crippen LogP contribution is 2.22. The molecular formula is C21H23N3O3. The third kappa shape index (κ3) is 4.78. The Bertz CT molecular complexity index is 832. The molecule has 1 atom stereocenters. The molecule has 1 heterocycles. The average molecular weight is 365 g/mol. The molecule has 1 unspecified atom stereocenters. The van der Waals surface area contributed by atoms with E-state index in [2.05, 4.69) is 6.92 Å². The number of nitrogens with zero attached hydrogens (tertiary/aromatic N) is 3. The zero-order valence-electron chi connectivity index (χ0n) is 15.4.